The van der Waals surface area contributed by atoms with E-state index in [1.807, 2.05) is 18.2 Å². The molecule has 9 heteroatoms. The van der Waals surface area contributed by atoms with Crippen molar-refractivity contribution < 1.29 is 12.8 Å². The first-order valence-corrected chi connectivity index (χ1v) is 9.48. The van der Waals surface area contributed by atoms with Crippen molar-refractivity contribution in [3.05, 3.63) is 67.0 Å². The Labute approximate surface area is 148 Å². The van der Waals surface area contributed by atoms with E-state index in [-0.39, 0.29) is 17.2 Å². The standard InChI is InChI=1S/C17H14FN5O2S/c18-13-4-6-14(7-5-13)26(24,25)11-10-22-9-8-19-17(22)15-2-1-3-16-20-12-21-23(15)16/h1-9,12H,10-11H2. The first-order chi connectivity index (χ1) is 12.5. The van der Waals surface area contributed by atoms with E-state index >= 15 is 0 Å². The van der Waals surface area contributed by atoms with Crippen LogP contribution in [0.3, 0.4) is 0 Å². The molecule has 4 rings (SSSR count). The van der Waals surface area contributed by atoms with Gasteiger partial charge in [0, 0.05) is 18.9 Å². The van der Waals surface area contributed by atoms with Crippen LogP contribution >= 0.6 is 0 Å². The number of nitrogens with zero attached hydrogens (tertiary/aromatic N) is 5. The number of benzene rings is 1. The molecule has 132 valence electrons. The fourth-order valence-electron chi connectivity index (χ4n) is 2.72. The maximum atomic E-state index is 13.0. The number of hydrogen-bond acceptors (Lipinski definition) is 5. The highest BCUT2D eigenvalue weighted by molar-refractivity contribution is 7.91. The summed E-state index contributed by atoms with van der Waals surface area (Å²) in [6.07, 6.45) is 4.77. The summed E-state index contributed by atoms with van der Waals surface area (Å²) in [6, 6.07) is 10.3. The number of pyridine rings is 1. The first kappa shape index (κ1) is 16.4. The largest absolute Gasteiger partial charge is 0.329 e. The Kier molecular flexibility index (Phi) is 4.00. The summed E-state index contributed by atoms with van der Waals surface area (Å²) in [4.78, 5) is 8.57. The van der Waals surface area contributed by atoms with Gasteiger partial charge in [-0.1, -0.05) is 6.07 Å². The number of hydrogen-bond donors (Lipinski definition) is 0. The molecule has 0 fully saturated rings. The lowest BCUT2D eigenvalue weighted by atomic mass is 10.3. The van der Waals surface area contributed by atoms with E-state index in [9.17, 15) is 12.8 Å². The van der Waals surface area contributed by atoms with Crippen molar-refractivity contribution in [1.82, 2.24) is 24.1 Å². The Bertz CT molecular complexity index is 1170. The average molecular weight is 371 g/mol. The van der Waals surface area contributed by atoms with Crippen molar-refractivity contribution in [1.29, 1.82) is 0 Å². The van der Waals surface area contributed by atoms with E-state index in [0.29, 0.717) is 17.2 Å². The van der Waals surface area contributed by atoms with Crippen molar-refractivity contribution >= 4 is 15.5 Å². The zero-order valence-corrected chi connectivity index (χ0v) is 14.3. The van der Waals surface area contributed by atoms with Gasteiger partial charge >= 0.3 is 0 Å². The molecule has 0 aliphatic rings. The van der Waals surface area contributed by atoms with Gasteiger partial charge in [0.05, 0.1) is 10.6 Å². The molecule has 4 aromatic rings. The second-order valence-corrected chi connectivity index (χ2v) is 7.77. The minimum Gasteiger partial charge on any atom is -0.329 e. The molecule has 3 heterocycles. The van der Waals surface area contributed by atoms with Gasteiger partial charge in [-0.15, -0.1) is 0 Å². The van der Waals surface area contributed by atoms with Crippen molar-refractivity contribution in [2.45, 2.75) is 11.4 Å². The van der Waals surface area contributed by atoms with Crippen LogP contribution in [0.15, 0.2) is 66.1 Å². The van der Waals surface area contributed by atoms with Crippen LogP contribution < -0.4 is 0 Å². The average Bonchev–Trinajstić information content (AvgIpc) is 3.29. The second-order valence-electron chi connectivity index (χ2n) is 5.66. The zero-order valence-electron chi connectivity index (χ0n) is 13.5. The molecule has 0 radical (unpaired) electrons. The summed E-state index contributed by atoms with van der Waals surface area (Å²) in [5.74, 6) is -0.00725. The summed E-state index contributed by atoms with van der Waals surface area (Å²) < 4.78 is 41.3. The SMILES string of the molecule is O=S(=O)(CCn1ccnc1-c1cccc2ncnn12)c1ccc(F)cc1. The quantitative estimate of drug-likeness (QED) is 0.502. The lowest BCUT2D eigenvalue weighted by Crippen LogP contribution is -2.14. The number of aromatic nitrogens is 5. The molecule has 0 saturated carbocycles. The predicted octanol–water partition coefficient (Wildman–Crippen LogP) is 2.21. The zero-order chi connectivity index (χ0) is 18.1. The lowest BCUT2D eigenvalue weighted by molar-refractivity contribution is 0.588. The molecule has 0 saturated heterocycles. The fraction of sp³-hybridized carbons (Fsp3) is 0.118. The van der Waals surface area contributed by atoms with E-state index < -0.39 is 15.7 Å². The van der Waals surface area contributed by atoms with Gasteiger partial charge in [0.2, 0.25) is 0 Å². The van der Waals surface area contributed by atoms with Gasteiger partial charge in [0.1, 0.15) is 17.8 Å². The minimum absolute atomic E-state index is 0.0962. The molecule has 7 nitrogen and oxygen atoms in total. The second kappa shape index (κ2) is 6.34. The summed E-state index contributed by atoms with van der Waals surface area (Å²) in [5, 5.41) is 4.18. The fourth-order valence-corrected chi connectivity index (χ4v) is 3.94. The van der Waals surface area contributed by atoms with Crippen molar-refractivity contribution in [3.63, 3.8) is 0 Å². The van der Waals surface area contributed by atoms with Crippen LogP contribution in [0.2, 0.25) is 0 Å². The number of aryl methyl sites for hydroxylation is 1. The number of fused-ring (bicyclic) bond motifs is 1. The van der Waals surface area contributed by atoms with Gasteiger partial charge in [0.25, 0.3) is 0 Å². The van der Waals surface area contributed by atoms with E-state index in [1.165, 1.54) is 18.5 Å². The topological polar surface area (TPSA) is 82.1 Å². The van der Waals surface area contributed by atoms with Crippen molar-refractivity contribution in [3.8, 4) is 11.5 Å². The number of rotatable bonds is 5. The van der Waals surface area contributed by atoms with Crippen LogP contribution in [0.5, 0.6) is 0 Å². The van der Waals surface area contributed by atoms with Gasteiger partial charge in [-0.2, -0.15) is 5.10 Å². The smallest absolute Gasteiger partial charge is 0.180 e. The highest BCUT2D eigenvalue weighted by atomic mass is 32.2. The summed E-state index contributed by atoms with van der Waals surface area (Å²) in [7, 11) is -3.53. The third kappa shape index (κ3) is 2.97. The summed E-state index contributed by atoms with van der Waals surface area (Å²) >= 11 is 0. The molecular weight excluding hydrogens is 357 g/mol. The van der Waals surface area contributed by atoms with Gasteiger partial charge in [0.15, 0.2) is 21.3 Å². The third-order valence-corrected chi connectivity index (χ3v) is 5.73. The Morgan fingerprint density at radius 3 is 2.65 bits per heavy atom. The third-order valence-electron chi connectivity index (χ3n) is 4.02. The van der Waals surface area contributed by atoms with Crippen LogP contribution in [-0.4, -0.2) is 38.3 Å². The minimum atomic E-state index is -3.53. The van der Waals surface area contributed by atoms with Gasteiger partial charge in [-0.25, -0.2) is 27.3 Å². The molecule has 0 N–H and O–H groups in total. The van der Waals surface area contributed by atoms with Crippen molar-refractivity contribution in [2.24, 2.45) is 0 Å². The summed E-state index contributed by atoms with van der Waals surface area (Å²) in [5.41, 5.74) is 1.39. The van der Waals surface area contributed by atoms with Crippen LogP contribution in [-0.2, 0) is 16.4 Å². The molecular formula is C17H14FN5O2S. The maximum Gasteiger partial charge on any atom is 0.180 e. The Morgan fingerprint density at radius 1 is 1.04 bits per heavy atom. The van der Waals surface area contributed by atoms with Crippen LogP contribution in [0.25, 0.3) is 17.2 Å². The number of halogens is 1. The van der Waals surface area contributed by atoms with Gasteiger partial charge < -0.3 is 4.57 Å². The molecule has 1 aromatic carbocycles. The highest BCUT2D eigenvalue weighted by Crippen LogP contribution is 2.19. The van der Waals surface area contributed by atoms with Crippen molar-refractivity contribution in [2.75, 3.05) is 5.75 Å². The Hall–Kier alpha value is -3.07. The molecule has 0 atom stereocenters. The normalized spacial score (nSPS) is 11.9. The monoisotopic (exact) mass is 371 g/mol. The Morgan fingerprint density at radius 2 is 1.85 bits per heavy atom. The van der Waals surface area contributed by atoms with E-state index in [2.05, 4.69) is 15.1 Å². The lowest BCUT2D eigenvalue weighted by Gasteiger charge is -2.10. The first-order valence-electron chi connectivity index (χ1n) is 7.83. The molecule has 0 aliphatic heterocycles. The molecule has 0 bridgehead atoms. The summed E-state index contributed by atoms with van der Waals surface area (Å²) in [6.45, 7) is 0.208. The van der Waals surface area contributed by atoms with E-state index in [4.69, 9.17) is 0 Å². The molecule has 26 heavy (non-hydrogen) atoms. The van der Waals surface area contributed by atoms with E-state index in [1.54, 1.807) is 21.5 Å². The van der Waals surface area contributed by atoms with Gasteiger partial charge in [-0.3, -0.25) is 0 Å². The number of sulfone groups is 1. The molecule has 3 aromatic heterocycles. The van der Waals surface area contributed by atoms with E-state index in [0.717, 1.165) is 12.1 Å². The van der Waals surface area contributed by atoms with Crippen LogP contribution in [0, 0.1) is 5.82 Å². The molecule has 0 spiro atoms. The number of imidazole rings is 1. The maximum absolute atomic E-state index is 13.0. The van der Waals surface area contributed by atoms with Crippen LogP contribution in [0.1, 0.15) is 0 Å². The van der Waals surface area contributed by atoms with Gasteiger partial charge in [-0.05, 0) is 36.4 Å². The molecule has 0 amide bonds. The molecule has 0 unspecified atom stereocenters. The molecule has 0 aliphatic carbocycles. The van der Waals surface area contributed by atoms with Crippen LogP contribution in [0.4, 0.5) is 4.39 Å². The highest BCUT2D eigenvalue weighted by Gasteiger charge is 2.17. The predicted molar refractivity (Wildman–Crippen MR) is 92.7 cm³/mol. The Balaban J connectivity index is 1.62.